The molecule has 0 spiro atoms. The zero-order valence-electron chi connectivity index (χ0n) is 21.3. The van der Waals surface area contributed by atoms with Gasteiger partial charge in [-0.1, -0.05) is 60.7 Å². The van der Waals surface area contributed by atoms with Crippen molar-refractivity contribution in [3.8, 4) is 0 Å². The third-order valence-corrected chi connectivity index (χ3v) is 6.43. The van der Waals surface area contributed by atoms with Crippen LogP contribution in [0.2, 0.25) is 0 Å². The molecule has 0 bridgehead atoms. The maximum absolute atomic E-state index is 13.6. The summed E-state index contributed by atoms with van der Waals surface area (Å²) in [5.41, 5.74) is 4.57. The van der Waals surface area contributed by atoms with Gasteiger partial charge < -0.3 is 5.32 Å². The molecule has 0 fully saturated rings. The molecule has 1 N–H and O–H groups in total. The molecule has 8 nitrogen and oxygen atoms in total. The predicted molar refractivity (Wildman–Crippen MR) is 152 cm³/mol. The lowest BCUT2D eigenvalue weighted by atomic mass is 10.1. The van der Waals surface area contributed by atoms with Crippen LogP contribution < -0.4 is 10.2 Å². The number of aliphatic imine (C=N–C) groups is 1. The molecule has 39 heavy (non-hydrogen) atoms. The van der Waals surface area contributed by atoms with Gasteiger partial charge in [-0.05, 0) is 61.4 Å². The average Bonchev–Trinajstić information content (AvgIpc) is 3.27. The molecule has 0 unspecified atom stereocenters. The van der Waals surface area contributed by atoms with E-state index in [9.17, 15) is 19.7 Å². The van der Waals surface area contributed by atoms with Crippen LogP contribution in [0.15, 0.2) is 108 Å². The fraction of sp³-hybridized carbons (Fsp3) is 0.0645. The minimum Gasteiger partial charge on any atom is -0.322 e. The predicted octanol–water partition coefficient (Wildman–Crippen LogP) is 6.30. The first-order valence-corrected chi connectivity index (χ1v) is 12.2. The molecule has 0 saturated heterocycles. The lowest BCUT2D eigenvalue weighted by Gasteiger charge is -2.19. The number of para-hydroxylation sites is 2. The molecule has 192 valence electrons. The van der Waals surface area contributed by atoms with E-state index in [0.29, 0.717) is 22.6 Å². The number of carbonyl (C=O) groups is 2. The first-order valence-electron chi connectivity index (χ1n) is 12.2. The molecule has 4 aromatic carbocycles. The van der Waals surface area contributed by atoms with Crippen molar-refractivity contribution in [2.75, 3.05) is 10.2 Å². The summed E-state index contributed by atoms with van der Waals surface area (Å²) in [6.45, 7) is 3.87. The first-order chi connectivity index (χ1) is 18.8. The van der Waals surface area contributed by atoms with Crippen molar-refractivity contribution in [2.24, 2.45) is 4.99 Å². The van der Waals surface area contributed by atoms with Crippen molar-refractivity contribution < 1.29 is 14.5 Å². The molecule has 1 aliphatic heterocycles. The van der Waals surface area contributed by atoms with Crippen molar-refractivity contribution in [3.63, 3.8) is 0 Å². The van der Waals surface area contributed by atoms with E-state index in [1.807, 2.05) is 62.4 Å². The summed E-state index contributed by atoms with van der Waals surface area (Å²) in [6, 6.07) is 27.9. The first kappa shape index (κ1) is 25.3. The van der Waals surface area contributed by atoms with E-state index in [0.717, 1.165) is 16.8 Å². The highest BCUT2D eigenvalue weighted by Crippen LogP contribution is 2.30. The van der Waals surface area contributed by atoms with Gasteiger partial charge in [0.1, 0.15) is 11.5 Å². The quantitative estimate of drug-likeness (QED) is 0.184. The Morgan fingerprint density at radius 1 is 0.872 bits per heavy atom. The molecular weight excluding hydrogens is 492 g/mol. The molecule has 0 saturated carbocycles. The standard InChI is InChI=1S/C31H24N4O4/c1-20-9-8-10-21(2)28(20)33-30(36)23-15-17-25(18-16-23)34-29(22-11-4-3-5-12-22)32-26(31(34)37)19-24-13-6-7-14-27(24)35(38)39/h3-19H,1-2H3,(H,33,36)/b26-19-. The SMILES string of the molecule is Cc1cccc(C)c1NC(=O)c1ccc(N2C(=O)/C(=C/c3ccccc3[N+](=O)[O-])N=C2c2ccccc2)cc1. The Morgan fingerprint density at radius 2 is 1.51 bits per heavy atom. The Hall–Kier alpha value is -5.37. The van der Waals surface area contributed by atoms with E-state index >= 15 is 0 Å². The fourth-order valence-corrected chi connectivity index (χ4v) is 4.42. The van der Waals surface area contributed by atoms with Crippen LogP contribution in [0.4, 0.5) is 17.1 Å². The number of nitrogens with zero attached hydrogens (tertiary/aromatic N) is 3. The molecule has 0 aliphatic carbocycles. The van der Waals surface area contributed by atoms with Crippen LogP contribution in [0.25, 0.3) is 6.08 Å². The molecule has 0 aromatic heterocycles. The second kappa shape index (κ2) is 10.5. The van der Waals surface area contributed by atoms with Gasteiger partial charge in [-0.25, -0.2) is 4.99 Å². The second-order valence-electron chi connectivity index (χ2n) is 9.06. The van der Waals surface area contributed by atoms with E-state index in [1.54, 1.807) is 42.5 Å². The summed E-state index contributed by atoms with van der Waals surface area (Å²) in [5, 5.41) is 14.5. The van der Waals surface area contributed by atoms with Crippen molar-refractivity contribution in [3.05, 3.63) is 141 Å². The number of carbonyl (C=O) groups excluding carboxylic acids is 2. The van der Waals surface area contributed by atoms with Gasteiger partial charge >= 0.3 is 0 Å². The van der Waals surface area contributed by atoms with Crippen LogP contribution in [0.3, 0.4) is 0 Å². The van der Waals surface area contributed by atoms with Crippen LogP contribution in [0.1, 0.15) is 32.6 Å². The van der Waals surface area contributed by atoms with Gasteiger partial charge in [0.15, 0.2) is 0 Å². The topological polar surface area (TPSA) is 105 Å². The molecule has 1 heterocycles. The van der Waals surface area contributed by atoms with Gasteiger partial charge in [0.05, 0.1) is 16.2 Å². The van der Waals surface area contributed by atoms with Crippen molar-refractivity contribution in [1.29, 1.82) is 0 Å². The minimum absolute atomic E-state index is 0.0694. The molecule has 1 aliphatic rings. The second-order valence-corrected chi connectivity index (χ2v) is 9.06. The van der Waals surface area contributed by atoms with Crippen LogP contribution >= 0.6 is 0 Å². The number of nitro benzene ring substituents is 1. The van der Waals surface area contributed by atoms with Gasteiger partial charge in [-0.3, -0.25) is 24.6 Å². The fourth-order valence-electron chi connectivity index (χ4n) is 4.42. The molecule has 4 aromatic rings. The number of nitrogens with one attached hydrogen (secondary N) is 1. The lowest BCUT2D eigenvalue weighted by Crippen LogP contribution is -2.32. The highest BCUT2D eigenvalue weighted by atomic mass is 16.6. The Bertz CT molecular complexity index is 1640. The summed E-state index contributed by atoms with van der Waals surface area (Å²) in [4.78, 5) is 43.6. The Balaban J connectivity index is 1.49. The monoisotopic (exact) mass is 516 g/mol. The summed E-state index contributed by atoms with van der Waals surface area (Å²) >= 11 is 0. The maximum Gasteiger partial charge on any atom is 0.282 e. The van der Waals surface area contributed by atoms with E-state index in [1.165, 1.54) is 17.0 Å². The van der Waals surface area contributed by atoms with Crippen LogP contribution in [-0.4, -0.2) is 22.6 Å². The summed E-state index contributed by atoms with van der Waals surface area (Å²) < 4.78 is 0. The number of nitro groups is 1. The maximum atomic E-state index is 13.6. The van der Waals surface area contributed by atoms with E-state index in [2.05, 4.69) is 10.3 Å². The number of hydrogen-bond acceptors (Lipinski definition) is 5. The van der Waals surface area contributed by atoms with E-state index < -0.39 is 10.8 Å². The van der Waals surface area contributed by atoms with Gasteiger partial charge in [0, 0.05) is 22.9 Å². The van der Waals surface area contributed by atoms with Crippen LogP contribution in [0.5, 0.6) is 0 Å². The van der Waals surface area contributed by atoms with E-state index in [4.69, 9.17) is 0 Å². The zero-order valence-corrected chi connectivity index (χ0v) is 21.3. The summed E-state index contributed by atoms with van der Waals surface area (Å²) in [5.74, 6) is -0.307. The molecule has 0 radical (unpaired) electrons. The molecule has 5 rings (SSSR count). The van der Waals surface area contributed by atoms with Gasteiger partial charge in [-0.15, -0.1) is 0 Å². The molecule has 0 atom stereocenters. The summed E-state index contributed by atoms with van der Waals surface area (Å²) in [7, 11) is 0. The van der Waals surface area contributed by atoms with Crippen molar-refractivity contribution in [2.45, 2.75) is 13.8 Å². The number of hydrogen-bond donors (Lipinski definition) is 1. The largest absolute Gasteiger partial charge is 0.322 e. The summed E-state index contributed by atoms with van der Waals surface area (Å²) in [6.07, 6.45) is 1.43. The normalized spacial score (nSPS) is 13.9. The van der Waals surface area contributed by atoms with Gasteiger partial charge in [0.2, 0.25) is 0 Å². The molecule has 2 amide bonds. The lowest BCUT2D eigenvalue weighted by molar-refractivity contribution is -0.385. The molecule has 8 heteroatoms. The highest BCUT2D eigenvalue weighted by molar-refractivity contribution is 6.33. The number of aryl methyl sites for hydroxylation is 2. The van der Waals surface area contributed by atoms with Crippen LogP contribution in [-0.2, 0) is 4.79 Å². The number of amidine groups is 1. The third kappa shape index (κ3) is 5.08. The van der Waals surface area contributed by atoms with Crippen molar-refractivity contribution >= 4 is 40.8 Å². The minimum atomic E-state index is -0.492. The van der Waals surface area contributed by atoms with E-state index in [-0.39, 0.29) is 22.9 Å². The Labute approximate surface area is 225 Å². The van der Waals surface area contributed by atoms with Crippen LogP contribution in [0, 0.1) is 24.0 Å². The average molecular weight is 517 g/mol. The number of rotatable bonds is 6. The van der Waals surface area contributed by atoms with Gasteiger partial charge in [0.25, 0.3) is 17.5 Å². The Morgan fingerprint density at radius 3 is 2.18 bits per heavy atom. The van der Waals surface area contributed by atoms with Gasteiger partial charge in [-0.2, -0.15) is 0 Å². The Kier molecular flexibility index (Phi) is 6.84. The molecular formula is C31H24N4O4. The number of anilines is 2. The zero-order chi connectivity index (χ0) is 27.5. The van der Waals surface area contributed by atoms with Crippen molar-refractivity contribution in [1.82, 2.24) is 0 Å². The number of amides is 2. The number of benzene rings is 4. The smallest absolute Gasteiger partial charge is 0.282 e. The highest BCUT2D eigenvalue weighted by Gasteiger charge is 2.33. The third-order valence-electron chi connectivity index (χ3n) is 6.43.